The number of benzene rings is 1. The summed E-state index contributed by atoms with van der Waals surface area (Å²) in [4.78, 5) is 25.7. The standard InChI is InChI=1S/C10H12N2O3.C7H10O.2C2H6/c1-14-10(13)8-5-3-4-7(6-8)9(11)12-15-2;1-3-5-7(4-2)6-8;2*1-2/h3-6H,1-2H3,(H2,11,12);3-6H,1-2H3;2*1-2H3/b;5-3-,7-4+;;. The quantitative estimate of drug-likeness (QED) is 0.155. The average Bonchev–Trinajstić information content (AvgIpc) is 2.75. The molecule has 0 bridgehead atoms. The lowest BCUT2D eigenvalue weighted by atomic mass is 10.1. The summed E-state index contributed by atoms with van der Waals surface area (Å²) in [6.07, 6.45) is 6.21. The molecule has 27 heavy (non-hydrogen) atoms. The number of hydrogen-bond donors (Lipinski definition) is 1. The van der Waals surface area contributed by atoms with Gasteiger partial charge in [0.2, 0.25) is 0 Å². The Morgan fingerprint density at radius 3 is 2.00 bits per heavy atom. The Kier molecular flexibility index (Phi) is 22.6. The number of carbonyl (C=O) groups excluding carboxylic acids is 2. The maximum absolute atomic E-state index is 11.2. The van der Waals surface area contributed by atoms with Crippen LogP contribution in [0.15, 0.2) is 53.2 Å². The summed E-state index contributed by atoms with van der Waals surface area (Å²) in [6, 6.07) is 6.64. The fourth-order valence-corrected chi connectivity index (χ4v) is 1.47. The lowest BCUT2D eigenvalue weighted by Crippen LogP contribution is -2.14. The monoisotopic (exact) mass is 378 g/mol. The van der Waals surface area contributed by atoms with Crippen molar-refractivity contribution >= 4 is 18.1 Å². The summed E-state index contributed by atoms with van der Waals surface area (Å²) in [5.41, 5.74) is 7.35. The van der Waals surface area contributed by atoms with Gasteiger partial charge < -0.3 is 15.3 Å². The minimum absolute atomic E-state index is 0.211. The van der Waals surface area contributed by atoms with Gasteiger partial charge in [-0.25, -0.2) is 4.79 Å². The highest BCUT2D eigenvalue weighted by atomic mass is 16.6. The topological polar surface area (TPSA) is 91.0 Å². The number of allylic oxidation sites excluding steroid dienone is 4. The van der Waals surface area contributed by atoms with Crippen molar-refractivity contribution in [1.82, 2.24) is 0 Å². The first-order valence-electron chi connectivity index (χ1n) is 8.83. The number of nitrogens with two attached hydrogens (primary N) is 1. The van der Waals surface area contributed by atoms with Crippen LogP contribution >= 0.6 is 0 Å². The van der Waals surface area contributed by atoms with Crippen LogP contribution in [0.2, 0.25) is 0 Å². The van der Waals surface area contributed by atoms with E-state index >= 15 is 0 Å². The Morgan fingerprint density at radius 2 is 1.63 bits per heavy atom. The van der Waals surface area contributed by atoms with Gasteiger partial charge in [0.1, 0.15) is 13.4 Å². The molecule has 0 fully saturated rings. The van der Waals surface area contributed by atoms with E-state index in [1.807, 2.05) is 47.6 Å². The van der Waals surface area contributed by atoms with Crippen LogP contribution in [0.1, 0.15) is 57.5 Å². The van der Waals surface area contributed by atoms with Crippen molar-refractivity contribution in [1.29, 1.82) is 0 Å². The predicted molar refractivity (Wildman–Crippen MR) is 113 cm³/mol. The number of carbonyl (C=O) groups is 2. The number of amidine groups is 1. The number of aldehydes is 1. The van der Waals surface area contributed by atoms with Crippen molar-refractivity contribution in [3.8, 4) is 0 Å². The fraction of sp³-hybridized carbons (Fsp3) is 0.381. The molecule has 0 atom stereocenters. The van der Waals surface area contributed by atoms with Crippen LogP contribution in [0.25, 0.3) is 0 Å². The van der Waals surface area contributed by atoms with Crippen LogP contribution < -0.4 is 5.73 Å². The van der Waals surface area contributed by atoms with Crippen LogP contribution in [0.3, 0.4) is 0 Å². The number of nitrogens with zero attached hydrogens (tertiary/aromatic N) is 1. The van der Waals surface area contributed by atoms with E-state index in [2.05, 4.69) is 14.7 Å². The van der Waals surface area contributed by atoms with Crippen molar-refractivity contribution in [3.05, 3.63) is 59.2 Å². The Labute approximate surface area is 163 Å². The van der Waals surface area contributed by atoms with Crippen molar-refractivity contribution in [2.45, 2.75) is 41.5 Å². The number of rotatable bonds is 5. The fourth-order valence-electron chi connectivity index (χ4n) is 1.47. The van der Waals surface area contributed by atoms with Gasteiger partial charge in [-0.05, 0) is 26.0 Å². The van der Waals surface area contributed by atoms with Crippen LogP contribution in [-0.2, 0) is 14.4 Å². The van der Waals surface area contributed by atoms with E-state index in [1.54, 1.807) is 36.4 Å². The van der Waals surface area contributed by atoms with Crippen LogP contribution in [0.4, 0.5) is 0 Å². The first-order valence-corrected chi connectivity index (χ1v) is 8.83. The molecule has 0 saturated carbocycles. The molecule has 0 unspecified atom stereocenters. The molecule has 0 saturated heterocycles. The van der Waals surface area contributed by atoms with Gasteiger partial charge in [0, 0.05) is 11.1 Å². The summed E-state index contributed by atoms with van der Waals surface area (Å²) >= 11 is 0. The highest BCUT2D eigenvalue weighted by molar-refractivity contribution is 5.99. The minimum atomic E-state index is -0.415. The van der Waals surface area contributed by atoms with E-state index in [-0.39, 0.29) is 5.84 Å². The molecular formula is C21H34N2O4. The maximum atomic E-state index is 11.2. The molecule has 0 amide bonds. The van der Waals surface area contributed by atoms with E-state index in [9.17, 15) is 9.59 Å². The molecule has 0 radical (unpaired) electrons. The normalized spacial score (nSPS) is 10.2. The third-order valence-electron chi connectivity index (χ3n) is 2.60. The van der Waals surface area contributed by atoms with Crippen molar-refractivity contribution in [3.63, 3.8) is 0 Å². The zero-order valence-electron chi connectivity index (χ0n) is 17.8. The third kappa shape index (κ3) is 14.0. The second kappa shape index (κ2) is 21.2. The molecule has 0 aliphatic carbocycles. The van der Waals surface area contributed by atoms with Crippen LogP contribution in [0.5, 0.6) is 0 Å². The smallest absolute Gasteiger partial charge is 0.337 e. The Hall–Kier alpha value is -2.89. The molecule has 6 heteroatoms. The summed E-state index contributed by atoms with van der Waals surface area (Å²) < 4.78 is 4.58. The number of esters is 1. The maximum Gasteiger partial charge on any atom is 0.337 e. The molecular weight excluding hydrogens is 344 g/mol. The second-order valence-corrected chi connectivity index (χ2v) is 4.14. The van der Waals surface area contributed by atoms with Crippen molar-refractivity contribution in [2.75, 3.05) is 14.2 Å². The predicted octanol–water partition coefficient (Wildman–Crippen LogP) is 4.50. The highest BCUT2D eigenvalue weighted by Crippen LogP contribution is 2.06. The molecule has 1 aromatic carbocycles. The van der Waals surface area contributed by atoms with Gasteiger partial charge in [-0.1, -0.05) is 63.2 Å². The number of hydrogen-bond acceptors (Lipinski definition) is 5. The summed E-state index contributed by atoms with van der Waals surface area (Å²) in [7, 11) is 2.72. The molecule has 6 nitrogen and oxygen atoms in total. The zero-order valence-corrected chi connectivity index (χ0v) is 17.8. The molecule has 1 rings (SSSR count). The largest absolute Gasteiger partial charge is 0.465 e. The Morgan fingerprint density at radius 1 is 1.07 bits per heavy atom. The lowest BCUT2D eigenvalue weighted by Gasteiger charge is -2.02. The average molecular weight is 379 g/mol. The molecule has 1 aromatic rings. The summed E-state index contributed by atoms with van der Waals surface area (Å²) in [5.74, 6) is -0.203. The summed E-state index contributed by atoms with van der Waals surface area (Å²) in [5, 5.41) is 3.56. The highest BCUT2D eigenvalue weighted by Gasteiger charge is 2.07. The first kappa shape index (κ1) is 28.9. The van der Waals surface area contributed by atoms with Gasteiger partial charge in [0.15, 0.2) is 5.84 Å². The van der Waals surface area contributed by atoms with Crippen molar-refractivity contribution < 1.29 is 19.2 Å². The van der Waals surface area contributed by atoms with E-state index in [0.29, 0.717) is 11.1 Å². The third-order valence-corrected chi connectivity index (χ3v) is 2.60. The minimum Gasteiger partial charge on any atom is -0.465 e. The van der Waals surface area contributed by atoms with Crippen LogP contribution in [0, 0.1) is 0 Å². The van der Waals surface area contributed by atoms with Crippen LogP contribution in [-0.4, -0.2) is 32.3 Å². The van der Waals surface area contributed by atoms with Gasteiger partial charge in [-0.2, -0.15) is 0 Å². The number of ether oxygens (including phenoxy) is 1. The van der Waals surface area contributed by atoms with Gasteiger partial charge in [-0.3, -0.25) is 4.79 Å². The Bertz CT molecular complexity index is 606. The van der Waals surface area contributed by atoms with Gasteiger partial charge >= 0.3 is 5.97 Å². The van der Waals surface area contributed by atoms with E-state index < -0.39 is 5.97 Å². The van der Waals surface area contributed by atoms with Gasteiger partial charge in [-0.15, -0.1) is 0 Å². The van der Waals surface area contributed by atoms with Gasteiger partial charge in [0.05, 0.1) is 12.7 Å². The number of oxime groups is 1. The second-order valence-electron chi connectivity index (χ2n) is 4.14. The zero-order chi connectivity index (χ0) is 21.7. The number of methoxy groups -OCH3 is 1. The Balaban J connectivity index is -0.000000408. The SMILES string of the molecule is C/C=C\C(C=O)=C/C.CC.CC.CO/N=C(\N)c1cccc(C(=O)OC)c1. The first-order chi connectivity index (χ1) is 13.0. The van der Waals surface area contributed by atoms with E-state index in [4.69, 9.17) is 5.73 Å². The van der Waals surface area contributed by atoms with Crippen molar-refractivity contribution in [2.24, 2.45) is 10.9 Å². The summed E-state index contributed by atoms with van der Waals surface area (Å²) in [6.45, 7) is 11.7. The lowest BCUT2D eigenvalue weighted by molar-refractivity contribution is -0.104. The van der Waals surface area contributed by atoms with Gasteiger partial charge in [0.25, 0.3) is 0 Å². The molecule has 2 N–H and O–H groups in total. The molecule has 0 aliphatic heterocycles. The van der Waals surface area contributed by atoms with E-state index in [0.717, 1.165) is 11.9 Å². The molecule has 0 aromatic heterocycles. The molecule has 0 heterocycles. The molecule has 0 aliphatic rings. The van der Waals surface area contributed by atoms with E-state index in [1.165, 1.54) is 14.2 Å². The molecule has 0 spiro atoms. The molecule has 152 valence electrons.